The summed E-state index contributed by atoms with van der Waals surface area (Å²) in [5.41, 5.74) is 5.78. The summed E-state index contributed by atoms with van der Waals surface area (Å²) in [5, 5.41) is 23.4. The number of nitrogens with zero attached hydrogens (tertiary/aromatic N) is 4. The number of thioether (sulfide) groups is 1. The largest absolute Gasteiger partial charge is 0.504 e. The normalized spacial score (nSPS) is 11.0. The molecule has 0 fully saturated rings. The molecule has 2 N–H and O–H groups in total. The van der Waals surface area contributed by atoms with Crippen molar-refractivity contribution in [3.8, 4) is 34.3 Å². The van der Waals surface area contributed by atoms with Crippen LogP contribution in [0.25, 0.3) is 17.1 Å². The van der Waals surface area contributed by atoms with E-state index in [1.807, 2.05) is 60.0 Å². The van der Waals surface area contributed by atoms with Gasteiger partial charge < -0.3 is 14.6 Å². The predicted octanol–water partition coefficient (Wildman–Crippen LogP) is 4.21. The Hall–Kier alpha value is -4.31. The van der Waals surface area contributed by atoms with Crippen molar-refractivity contribution < 1.29 is 19.4 Å². The second kappa shape index (κ2) is 11.4. The molecule has 4 aromatic rings. The number of carbonyl (C=O) groups is 1. The van der Waals surface area contributed by atoms with Crippen LogP contribution in [0.1, 0.15) is 11.1 Å². The van der Waals surface area contributed by atoms with Crippen LogP contribution in [0.3, 0.4) is 0 Å². The second-order valence-electron chi connectivity index (χ2n) is 7.69. The maximum Gasteiger partial charge on any atom is 0.250 e. The minimum Gasteiger partial charge on any atom is -0.504 e. The fourth-order valence-corrected chi connectivity index (χ4v) is 4.11. The van der Waals surface area contributed by atoms with Gasteiger partial charge in [-0.05, 0) is 43.3 Å². The summed E-state index contributed by atoms with van der Waals surface area (Å²) in [6.07, 6.45) is 1.36. The fourth-order valence-electron chi connectivity index (χ4n) is 3.36. The Morgan fingerprint density at radius 3 is 2.50 bits per heavy atom. The Labute approximate surface area is 212 Å². The van der Waals surface area contributed by atoms with Crippen LogP contribution in [0, 0.1) is 6.92 Å². The van der Waals surface area contributed by atoms with Crippen molar-refractivity contribution in [2.24, 2.45) is 5.10 Å². The lowest BCUT2D eigenvalue weighted by molar-refractivity contribution is -0.118. The number of hydrogen-bond acceptors (Lipinski definition) is 8. The van der Waals surface area contributed by atoms with Gasteiger partial charge in [-0.2, -0.15) is 5.10 Å². The summed E-state index contributed by atoms with van der Waals surface area (Å²) in [5.74, 6) is 1.39. The molecule has 1 amide bonds. The van der Waals surface area contributed by atoms with Crippen molar-refractivity contribution in [3.63, 3.8) is 0 Å². The molecular formula is C26H25N5O4S. The number of aryl methyl sites for hydroxylation is 1. The van der Waals surface area contributed by atoms with Crippen LogP contribution in [-0.2, 0) is 4.79 Å². The van der Waals surface area contributed by atoms with E-state index in [9.17, 15) is 9.90 Å². The molecule has 0 saturated heterocycles. The molecule has 4 rings (SSSR count). The van der Waals surface area contributed by atoms with Gasteiger partial charge in [0.25, 0.3) is 5.91 Å². The Balaban J connectivity index is 1.51. The van der Waals surface area contributed by atoms with Crippen LogP contribution in [0.2, 0.25) is 0 Å². The van der Waals surface area contributed by atoms with E-state index in [0.717, 1.165) is 22.6 Å². The Morgan fingerprint density at radius 1 is 1.06 bits per heavy atom. The van der Waals surface area contributed by atoms with Crippen LogP contribution < -0.4 is 14.9 Å². The van der Waals surface area contributed by atoms with Gasteiger partial charge in [-0.25, -0.2) is 5.43 Å². The summed E-state index contributed by atoms with van der Waals surface area (Å²) in [7, 11) is 3.08. The van der Waals surface area contributed by atoms with Gasteiger partial charge in [0, 0.05) is 16.8 Å². The van der Waals surface area contributed by atoms with Gasteiger partial charge in [-0.3, -0.25) is 9.36 Å². The molecule has 184 valence electrons. The first-order valence-electron chi connectivity index (χ1n) is 11.0. The van der Waals surface area contributed by atoms with E-state index < -0.39 is 0 Å². The van der Waals surface area contributed by atoms with Gasteiger partial charge in [0.1, 0.15) is 5.75 Å². The van der Waals surface area contributed by atoms with Crippen LogP contribution in [0.4, 0.5) is 0 Å². The number of phenols is 1. The monoisotopic (exact) mass is 503 g/mol. The van der Waals surface area contributed by atoms with Gasteiger partial charge in [0.05, 0.1) is 26.2 Å². The standard InChI is InChI=1S/C26H25N5O4S/c1-17-7-9-18(10-8-17)25-29-30-26(31(25)20-11-13-21(34-2)14-12-20)36-16-23(32)28-27-15-19-5-4-6-22(35-3)24(19)33/h4-15,33H,16H2,1-3H3,(H,28,32)/b27-15+. The number of rotatable bonds is 9. The number of amides is 1. The quantitative estimate of drug-likeness (QED) is 0.200. The number of nitrogens with one attached hydrogen (secondary N) is 1. The maximum absolute atomic E-state index is 12.5. The second-order valence-corrected chi connectivity index (χ2v) is 8.63. The molecule has 36 heavy (non-hydrogen) atoms. The SMILES string of the molecule is COc1ccc(-n2c(SCC(=O)N/N=C/c3cccc(OC)c3O)nnc2-c2ccc(C)cc2)cc1. The highest BCUT2D eigenvalue weighted by molar-refractivity contribution is 7.99. The lowest BCUT2D eigenvalue weighted by Crippen LogP contribution is -2.20. The van der Waals surface area contributed by atoms with Crippen molar-refractivity contribution >= 4 is 23.9 Å². The van der Waals surface area contributed by atoms with Crippen LogP contribution >= 0.6 is 11.8 Å². The van der Waals surface area contributed by atoms with Crippen LogP contribution in [0.15, 0.2) is 77.0 Å². The molecule has 0 aliphatic heterocycles. The number of hydrogen-bond donors (Lipinski definition) is 2. The summed E-state index contributed by atoms with van der Waals surface area (Å²) < 4.78 is 12.3. The molecular weight excluding hydrogens is 478 g/mol. The average molecular weight is 504 g/mol. The lowest BCUT2D eigenvalue weighted by Gasteiger charge is -2.11. The molecule has 0 atom stereocenters. The number of phenolic OH excluding ortho intramolecular Hbond substituents is 1. The van der Waals surface area contributed by atoms with Gasteiger partial charge in [-0.1, -0.05) is 47.7 Å². The first-order valence-corrected chi connectivity index (χ1v) is 12.0. The third-order valence-electron chi connectivity index (χ3n) is 5.25. The van der Waals surface area contributed by atoms with Crippen molar-refractivity contribution in [1.82, 2.24) is 20.2 Å². The van der Waals surface area contributed by atoms with E-state index in [0.29, 0.717) is 22.3 Å². The van der Waals surface area contributed by atoms with Crippen molar-refractivity contribution in [2.75, 3.05) is 20.0 Å². The number of methoxy groups -OCH3 is 2. The molecule has 3 aromatic carbocycles. The van der Waals surface area contributed by atoms with Crippen LogP contribution in [-0.4, -0.2) is 52.0 Å². The molecule has 0 aliphatic carbocycles. The van der Waals surface area contributed by atoms with Gasteiger partial charge >= 0.3 is 0 Å². The fraction of sp³-hybridized carbons (Fsp3) is 0.154. The van der Waals surface area contributed by atoms with E-state index in [2.05, 4.69) is 20.7 Å². The Kier molecular flexibility index (Phi) is 7.86. The number of aromatic nitrogens is 3. The average Bonchev–Trinajstić information content (AvgIpc) is 3.33. The molecule has 0 unspecified atom stereocenters. The summed E-state index contributed by atoms with van der Waals surface area (Å²) >= 11 is 1.24. The van der Waals surface area contributed by atoms with Gasteiger partial charge in [0.15, 0.2) is 22.5 Å². The zero-order valence-corrected chi connectivity index (χ0v) is 20.8. The molecule has 10 heteroatoms. The molecule has 0 saturated carbocycles. The highest BCUT2D eigenvalue weighted by atomic mass is 32.2. The van der Waals surface area contributed by atoms with Crippen molar-refractivity contribution in [3.05, 3.63) is 77.9 Å². The lowest BCUT2D eigenvalue weighted by atomic mass is 10.1. The number of ether oxygens (including phenoxy) is 2. The Bertz CT molecular complexity index is 1370. The minimum absolute atomic E-state index is 0.0522. The molecule has 1 heterocycles. The van der Waals surface area contributed by atoms with Gasteiger partial charge in [-0.15, -0.1) is 10.2 Å². The topological polar surface area (TPSA) is 111 Å². The van der Waals surface area contributed by atoms with E-state index in [-0.39, 0.29) is 17.4 Å². The zero-order valence-electron chi connectivity index (χ0n) is 20.0. The van der Waals surface area contributed by atoms with Crippen molar-refractivity contribution in [2.45, 2.75) is 12.1 Å². The number of hydrazone groups is 1. The van der Waals surface area contributed by atoms with Crippen LogP contribution in [0.5, 0.6) is 17.2 Å². The first-order chi connectivity index (χ1) is 17.5. The highest BCUT2D eigenvalue weighted by Crippen LogP contribution is 2.30. The van der Waals surface area contributed by atoms with E-state index in [4.69, 9.17) is 9.47 Å². The summed E-state index contributed by atoms with van der Waals surface area (Å²) in [6, 6.07) is 20.6. The third kappa shape index (κ3) is 5.66. The highest BCUT2D eigenvalue weighted by Gasteiger charge is 2.17. The van der Waals surface area contributed by atoms with Gasteiger partial charge in [0.2, 0.25) is 0 Å². The number of benzene rings is 3. The smallest absolute Gasteiger partial charge is 0.250 e. The third-order valence-corrected chi connectivity index (χ3v) is 6.18. The number of carbonyl (C=O) groups excluding carboxylic acids is 1. The number of aromatic hydroxyl groups is 1. The van der Waals surface area contributed by atoms with E-state index in [1.165, 1.54) is 25.1 Å². The molecule has 1 aromatic heterocycles. The zero-order chi connectivity index (χ0) is 25.5. The molecule has 0 spiro atoms. The molecule has 0 radical (unpaired) electrons. The first kappa shape index (κ1) is 24.8. The van der Waals surface area contributed by atoms with E-state index in [1.54, 1.807) is 25.3 Å². The Morgan fingerprint density at radius 2 is 1.81 bits per heavy atom. The van der Waals surface area contributed by atoms with Crippen molar-refractivity contribution in [1.29, 1.82) is 0 Å². The maximum atomic E-state index is 12.5. The minimum atomic E-state index is -0.334. The number of para-hydroxylation sites is 1. The summed E-state index contributed by atoms with van der Waals surface area (Å²) in [4.78, 5) is 12.5. The molecule has 0 aliphatic rings. The van der Waals surface area contributed by atoms with E-state index >= 15 is 0 Å². The molecule has 9 nitrogen and oxygen atoms in total. The predicted molar refractivity (Wildman–Crippen MR) is 139 cm³/mol. The molecule has 0 bridgehead atoms. The summed E-state index contributed by atoms with van der Waals surface area (Å²) in [6.45, 7) is 2.02.